The summed E-state index contributed by atoms with van der Waals surface area (Å²) in [6.07, 6.45) is -0.502. The molecule has 0 bridgehead atoms. The van der Waals surface area contributed by atoms with Crippen molar-refractivity contribution in [3.63, 3.8) is 0 Å². The van der Waals surface area contributed by atoms with Crippen LogP contribution in [0, 0.1) is 5.82 Å². The molecule has 1 aromatic rings. The van der Waals surface area contributed by atoms with E-state index < -0.39 is 6.09 Å². The standard InChI is InChI=1S/C10H12FNO3/c1-14-10(13)12-6-7-15-9-4-2-8(11)3-5-9/h2-5H,6-7H2,1H3,(H,12,13). The van der Waals surface area contributed by atoms with E-state index in [1.54, 1.807) is 0 Å². The number of hydrogen-bond donors (Lipinski definition) is 1. The number of nitrogens with one attached hydrogen (secondary N) is 1. The fourth-order valence-electron chi connectivity index (χ4n) is 0.925. The zero-order valence-electron chi connectivity index (χ0n) is 8.33. The van der Waals surface area contributed by atoms with Gasteiger partial charge in [0.2, 0.25) is 0 Å². The van der Waals surface area contributed by atoms with Crippen molar-refractivity contribution in [2.24, 2.45) is 0 Å². The van der Waals surface area contributed by atoms with E-state index in [-0.39, 0.29) is 5.82 Å². The van der Waals surface area contributed by atoms with Gasteiger partial charge < -0.3 is 14.8 Å². The van der Waals surface area contributed by atoms with Gasteiger partial charge in [-0.3, -0.25) is 0 Å². The van der Waals surface area contributed by atoms with Gasteiger partial charge in [-0.15, -0.1) is 0 Å². The molecule has 0 radical (unpaired) electrons. The lowest BCUT2D eigenvalue weighted by Crippen LogP contribution is -2.27. The highest BCUT2D eigenvalue weighted by Crippen LogP contribution is 2.10. The molecule has 0 aliphatic rings. The van der Waals surface area contributed by atoms with Gasteiger partial charge in [-0.05, 0) is 24.3 Å². The number of carbonyl (C=O) groups excluding carboxylic acids is 1. The molecular formula is C10H12FNO3. The van der Waals surface area contributed by atoms with Gasteiger partial charge in [-0.1, -0.05) is 0 Å². The van der Waals surface area contributed by atoms with Crippen LogP contribution in [0.3, 0.4) is 0 Å². The summed E-state index contributed by atoms with van der Waals surface area (Å²) in [5.41, 5.74) is 0. The summed E-state index contributed by atoms with van der Waals surface area (Å²) in [5, 5.41) is 2.45. The Morgan fingerprint density at radius 1 is 1.40 bits per heavy atom. The second-order valence-electron chi connectivity index (χ2n) is 2.72. The van der Waals surface area contributed by atoms with Gasteiger partial charge in [0.15, 0.2) is 0 Å². The number of alkyl carbamates (subject to hydrolysis) is 1. The van der Waals surface area contributed by atoms with Crippen molar-refractivity contribution in [1.82, 2.24) is 5.32 Å². The largest absolute Gasteiger partial charge is 0.492 e. The molecule has 82 valence electrons. The first-order chi connectivity index (χ1) is 7.22. The lowest BCUT2D eigenvalue weighted by atomic mass is 10.3. The van der Waals surface area contributed by atoms with Crippen LogP contribution in [0.5, 0.6) is 5.75 Å². The van der Waals surface area contributed by atoms with Crippen molar-refractivity contribution in [3.05, 3.63) is 30.1 Å². The number of methoxy groups -OCH3 is 1. The molecule has 1 amide bonds. The molecule has 0 saturated heterocycles. The molecule has 0 saturated carbocycles. The van der Waals surface area contributed by atoms with Crippen LogP contribution in [0.1, 0.15) is 0 Å². The van der Waals surface area contributed by atoms with Crippen LogP contribution in [0.2, 0.25) is 0 Å². The highest BCUT2D eigenvalue weighted by atomic mass is 19.1. The molecule has 5 heteroatoms. The molecule has 0 unspecified atom stereocenters. The van der Waals surface area contributed by atoms with E-state index in [2.05, 4.69) is 10.1 Å². The van der Waals surface area contributed by atoms with Crippen LogP contribution in [0.15, 0.2) is 24.3 Å². The van der Waals surface area contributed by atoms with Crippen molar-refractivity contribution in [2.45, 2.75) is 0 Å². The van der Waals surface area contributed by atoms with Gasteiger partial charge in [-0.2, -0.15) is 0 Å². The number of halogens is 1. The Kier molecular flexibility index (Phi) is 4.40. The topological polar surface area (TPSA) is 47.6 Å². The zero-order valence-corrected chi connectivity index (χ0v) is 8.33. The lowest BCUT2D eigenvalue weighted by Gasteiger charge is -2.06. The number of rotatable bonds is 4. The zero-order chi connectivity index (χ0) is 11.1. The van der Waals surface area contributed by atoms with E-state index in [9.17, 15) is 9.18 Å². The summed E-state index contributed by atoms with van der Waals surface area (Å²) in [7, 11) is 1.29. The van der Waals surface area contributed by atoms with Crippen LogP contribution in [-0.2, 0) is 4.74 Å². The van der Waals surface area contributed by atoms with Gasteiger partial charge >= 0.3 is 6.09 Å². The Hall–Kier alpha value is -1.78. The molecule has 0 spiro atoms. The van der Waals surface area contributed by atoms with Crippen LogP contribution in [0.4, 0.5) is 9.18 Å². The van der Waals surface area contributed by atoms with Gasteiger partial charge in [0.1, 0.15) is 18.2 Å². The first-order valence-corrected chi connectivity index (χ1v) is 4.42. The molecule has 0 atom stereocenters. The molecular weight excluding hydrogens is 201 g/mol. The molecule has 15 heavy (non-hydrogen) atoms. The predicted molar refractivity (Wildman–Crippen MR) is 52.3 cm³/mol. The van der Waals surface area contributed by atoms with Crippen molar-refractivity contribution >= 4 is 6.09 Å². The molecule has 4 nitrogen and oxygen atoms in total. The maximum absolute atomic E-state index is 12.5. The molecule has 0 aliphatic heterocycles. The smallest absolute Gasteiger partial charge is 0.406 e. The highest BCUT2D eigenvalue weighted by Gasteiger charge is 1.97. The van der Waals surface area contributed by atoms with Crippen LogP contribution in [-0.4, -0.2) is 26.4 Å². The monoisotopic (exact) mass is 213 g/mol. The number of benzene rings is 1. The van der Waals surface area contributed by atoms with E-state index in [0.29, 0.717) is 18.9 Å². The summed E-state index contributed by atoms with van der Waals surface area (Å²) in [6, 6.07) is 5.66. The van der Waals surface area contributed by atoms with Crippen molar-refractivity contribution < 1.29 is 18.7 Å². The maximum atomic E-state index is 12.5. The molecule has 1 aromatic carbocycles. The van der Waals surface area contributed by atoms with Crippen molar-refractivity contribution in [1.29, 1.82) is 0 Å². The summed E-state index contributed by atoms with van der Waals surface area (Å²) in [5.74, 6) is 0.248. The van der Waals surface area contributed by atoms with Crippen molar-refractivity contribution in [2.75, 3.05) is 20.3 Å². The second-order valence-corrected chi connectivity index (χ2v) is 2.72. The molecule has 1 rings (SSSR count). The Labute approximate surface area is 87.0 Å². The van der Waals surface area contributed by atoms with Gasteiger partial charge in [-0.25, -0.2) is 9.18 Å². The number of amides is 1. The van der Waals surface area contributed by atoms with Gasteiger partial charge in [0.05, 0.1) is 13.7 Å². The van der Waals surface area contributed by atoms with Crippen LogP contribution < -0.4 is 10.1 Å². The Morgan fingerprint density at radius 2 is 2.07 bits per heavy atom. The van der Waals surface area contributed by atoms with Gasteiger partial charge in [0.25, 0.3) is 0 Å². The summed E-state index contributed by atoms with van der Waals surface area (Å²) >= 11 is 0. The number of carbonyl (C=O) groups is 1. The third kappa shape index (κ3) is 4.30. The summed E-state index contributed by atoms with van der Waals surface area (Å²) < 4.78 is 22.1. The fourth-order valence-corrected chi connectivity index (χ4v) is 0.925. The highest BCUT2D eigenvalue weighted by molar-refractivity contribution is 5.66. The minimum Gasteiger partial charge on any atom is -0.492 e. The second kappa shape index (κ2) is 5.85. The fraction of sp³-hybridized carbons (Fsp3) is 0.300. The minimum atomic E-state index is -0.502. The molecule has 0 aromatic heterocycles. The first-order valence-electron chi connectivity index (χ1n) is 4.42. The average Bonchev–Trinajstić information content (AvgIpc) is 2.26. The average molecular weight is 213 g/mol. The van der Waals surface area contributed by atoms with E-state index in [1.165, 1.54) is 31.4 Å². The van der Waals surface area contributed by atoms with Crippen LogP contribution in [0.25, 0.3) is 0 Å². The number of ether oxygens (including phenoxy) is 2. The lowest BCUT2D eigenvalue weighted by molar-refractivity contribution is 0.168. The Balaban J connectivity index is 2.20. The third-order valence-corrected chi connectivity index (χ3v) is 1.64. The molecule has 0 aliphatic carbocycles. The quantitative estimate of drug-likeness (QED) is 0.772. The van der Waals surface area contributed by atoms with E-state index >= 15 is 0 Å². The normalized spacial score (nSPS) is 9.47. The molecule has 0 fully saturated rings. The Morgan fingerprint density at radius 3 is 2.67 bits per heavy atom. The van der Waals surface area contributed by atoms with E-state index in [1.807, 2.05) is 0 Å². The third-order valence-electron chi connectivity index (χ3n) is 1.64. The minimum absolute atomic E-state index is 0.306. The van der Waals surface area contributed by atoms with E-state index in [4.69, 9.17) is 4.74 Å². The van der Waals surface area contributed by atoms with Crippen molar-refractivity contribution in [3.8, 4) is 5.75 Å². The maximum Gasteiger partial charge on any atom is 0.406 e. The van der Waals surface area contributed by atoms with Crippen LogP contribution >= 0.6 is 0 Å². The first kappa shape index (κ1) is 11.3. The van der Waals surface area contributed by atoms with E-state index in [0.717, 1.165) is 0 Å². The Bertz CT molecular complexity index is 313. The summed E-state index contributed by atoms with van der Waals surface area (Å²) in [6.45, 7) is 0.644. The predicted octanol–water partition coefficient (Wildman–Crippen LogP) is 1.56. The SMILES string of the molecule is COC(=O)NCCOc1ccc(F)cc1. The van der Waals surface area contributed by atoms with Gasteiger partial charge in [0, 0.05) is 0 Å². The molecule has 1 N–H and O–H groups in total. The summed E-state index contributed by atoms with van der Waals surface area (Å²) in [4.78, 5) is 10.6. The number of hydrogen-bond acceptors (Lipinski definition) is 3. The molecule has 0 heterocycles.